The summed E-state index contributed by atoms with van der Waals surface area (Å²) in [5.74, 6) is -0.621. The lowest BCUT2D eigenvalue weighted by molar-refractivity contribution is 0.0939. The Morgan fingerprint density at radius 1 is 1.19 bits per heavy atom. The third-order valence-corrected chi connectivity index (χ3v) is 5.03. The molecule has 0 heterocycles. The van der Waals surface area contributed by atoms with Crippen LogP contribution in [0.3, 0.4) is 0 Å². The molecule has 0 fully saturated rings. The van der Waals surface area contributed by atoms with Crippen LogP contribution in [0.4, 0.5) is 0 Å². The summed E-state index contributed by atoms with van der Waals surface area (Å²) in [5, 5.41) is 2.01. The van der Waals surface area contributed by atoms with Crippen molar-refractivity contribution in [3.8, 4) is 0 Å². The van der Waals surface area contributed by atoms with Gasteiger partial charge in [0.05, 0.1) is 20.6 Å². The molecule has 0 saturated carbocycles. The van der Waals surface area contributed by atoms with E-state index in [1.807, 2.05) is 20.8 Å². The molecule has 21 heavy (non-hydrogen) atoms. The summed E-state index contributed by atoms with van der Waals surface area (Å²) >= 11 is 17.7. The van der Waals surface area contributed by atoms with Crippen LogP contribution < -0.4 is 5.32 Å². The molecule has 0 radical (unpaired) electrons. The molecule has 0 aliphatic carbocycles. The minimum atomic E-state index is -4.15. The predicted molar refractivity (Wildman–Crippen MR) is 86.3 cm³/mol. The quantitative estimate of drug-likeness (QED) is 0.614. The molecule has 1 N–H and O–H groups in total. The molecule has 1 aromatic rings. The Labute approximate surface area is 143 Å². The Kier molecular flexibility index (Phi) is 5.84. The van der Waals surface area contributed by atoms with Gasteiger partial charge in [0.15, 0.2) is 0 Å². The van der Waals surface area contributed by atoms with Crippen LogP contribution in [-0.4, -0.2) is 20.9 Å². The molecule has 1 aromatic carbocycles. The van der Waals surface area contributed by atoms with Gasteiger partial charge in [-0.05, 0) is 11.5 Å². The standard InChI is InChI=1S/C12H13Cl4NO3S/c1-12(2,3)5-17-11(18)8-9(14)6(13)4-7(10(8)15)21(16,19)20/h4H,5H2,1-3H3,(H,17,18). The minimum absolute atomic E-state index is 0.124. The van der Waals surface area contributed by atoms with Crippen LogP contribution in [0.1, 0.15) is 31.1 Å². The van der Waals surface area contributed by atoms with E-state index in [1.54, 1.807) is 0 Å². The van der Waals surface area contributed by atoms with Gasteiger partial charge >= 0.3 is 0 Å². The van der Waals surface area contributed by atoms with Crippen LogP contribution in [0, 0.1) is 5.41 Å². The van der Waals surface area contributed by atoms with Crippen molar-refractivity contribution in [1.82, 2.24) is 5.32 Å². The highest BCUT2D eigenvalue weighted by atomic mass is 35.7. The Bertz CT molecular complexity index is 681. The highest BCUT2D eigenvalue weighted by Gasteiger charge is 2.26. The molecule has 0 aliphatic rings. The van der Waals surface area contributed by atoms with Crippen LogP contribution in [0.2, 0.25) is 15.1 Å². The summed E-state index contributed by atoms with van der Waals surface area (Å²) in [4.78, 5) is 11.7. The van der Waals surface area contributed by atoms with E-state index >= 15 is 0 Å². The zero-order valence-corrected chi connectivity index (χ0v) is 15.3. The van der Waals surface area contributed by atoms with Crippen molar-refractivity contribution in [2.24, 2.45) is 5.41 Å². The number of hydrogen-bond donors (Lipinski definition) is 1. The van der Waals surface area contributed by atoms with Gasteiger partial charge < -0.3 is 5.32 Å². The molecule has 0 unspecified atom stereocenters. The predicted octanol–water partition coefficient (Wildman–Crippen LogP) is 4.35. The summed E-state index contributed by atoms with van der Waals surface area (Å²) in [6.45, 7) is 6.10. The lowest BCUT2D eigenvalue weighted by Gasteiger charge is -2.19. The molecule has 9 heteroatoms. The number of halogens is 4. The zero-order chi connectivity index (χ0) is 16.6. The van der Waals surface area contributed by atoms with Crippen molar-refractivity contribution in [3.05, 3.63) is 26.7 Å². The lowest BCUT2D eigenvalue weighted by Crippen LogP contribution is -2.32. The van der Waals surface area contributed by atoms with Gasteiger partial charge in [0.1, 0.15) is 4.90 Å². The fourth-order valence-electron chi connectivity index (χ4n) is 1.39. The number of carbonyl (C=O) groups is 1. The molecule has 0 saturated heterocycles. The van der Waals surface area contributed by atoms with Crippen molar-refractivity contribution in [3.63, 3.8) is 0 Å². The van der Waals surface area contributed by atoms with E-state index in [4.69, 9.17) is 45.5 Å². The fraction of sp³-hybridized carbons (Fsp3) is 0.417. The molecular formula is C12H13Cl4NO3S. The van der Waals surface area contributed by atoms with Gasteiger partial charge in [-0.2, -0.15) is 0 Å². The first-order valence-electron chi connectivity index (χ1n) is 5.75. The normalized spacial score (nSPS) is 12.3. The largest absolute Gasteiger partial charge is 0.351 e. The van der Waals surface area contributed by atoms with Gasteiger partial charge in [0, 0.05) is 17.2 Å². The van der Waals surface area contributed by atoms with Crippen LogP contribution in [-0.2, 0) is 9.05 Å². The average molecular weight is 393 g/mol. The Morgan fingerprint density at radius 3 is 2.14 bits per heavy atom. The maximum atomic E-state index is 12.2. The van der Waals surface area contributed by atoms with Crippen molar-refractivity contribution < 1.29 is 13.2 Å². The van der Waals surface area contributed by atoms with Gasteiger partial charge in [0.25, 0.3) is 15.0 Å². The maximum absolute atomic E-state index is 12.2. The van der Waals surface area contributed by atoms with Crippen molar-refractivity contribution in [2.75, 3.05) is 6.54 Å². The van der Waals surface area contributed by atoms with E-state index in [-0.39, 0.29) is 26.0 Å². The van der Waals surface area contributed by atoms with Crippen molar-refractivity contribution in [2.45, 2.75) is 25.7 Å². The van der Waals surface area contributed by atoms with Crippen LogP contribution >= 0.6 is 45.5 Å². The third-order valence-electron chi connectivity index (χ3n) is 2.39. The first-order valence-corrected chi connectivity index (χ1v) is 9.19. The minimum Gasteiger partial charge on any atom is -0.351 e. The number of nitrogens with one attached hydrogen (secondary N) is 1. The van der Waals surface area contributed by atoms with E-state index in [0.29, 0.717) is 6.54 Å². The van der Waals surface area contributed by atoms with Crippen LogP contribution in [0.25, 0.3) is 0 Å². The molecule has 1 amide bonds. The number of amides is 1. The summed E-state index contributed by atoms with van der Waals surface area (Å²) in [7, 11) is 1.11. The van der Waals surface area contributed by atoms with E-state index in [9.17, 15) is 13.2 Å². The summed E-state index contributed by atoms with van der Waals surface area (Å²) in [6.07, 6.45) is 0. The Morgan fingerprint density at radius 2 is 1.71 bits per heavy atom. The second-order valence-corrected chi connectivity index (χ2v) is 9.24. The fourth-order valence-corrected chi connectivity index (χ4v) is 3.54. The molecule has 4 nitrogen and oxygen atoms in total. The van der Waals surface area contributed by atoms with Gasteiger partial charge in [-0.15, -0.1) is 0 Å². The zero-order valence-electron chi connectivity index (χ0n) is 11.4. The van der Waals surface area contributed by atoms with Crippen LogP contribution in [0.15, 0.2) is 11.0 Å². The Hall–Kier alpha value is -0.200. The molecule has 1 rings (SSSR count). The SMILES string of the molecule is CC(C)(C)CNC(=O)c1c(Cl)c(Cl)cc(S(=O)(=O)Cl)c1Cl. The monoisotopic (exact) mass is 391 g/mol. The van der Waals surface area contributed by atoms with Crippen molar-refractivity contribution in [1.29, 1.82) is 0 Å². The molecule has 0 bridgehead atoms. The molecule has 118 valence electrons. The molecule has 0 aliphatic heterocycles. The summed E-state index contributed by atoms with van der Waals surface area (Å²) in [6, 6.07) is 1.01. The highest BCUT2D eigenvalue weighted by Crippen LogP contribution is 2.38. The number of benzene rings is 1. The lowest BCUT2D eigenvalue weighted by atomic mass is 9.97. The number of rotatable bonds is 3. The second kappa shape index (κ2) is 6.50. The Balaban J connectivity index is 3.36. The average Bonchev–Trinajstić information content (AvgIpc) is 2.29. The summed E-state index contributed by atoms with van der Waals surface area (Å²) in [5.41, 5.74) is -0.386. The summed E-state index contributed by atoms with van der Waals surface area (Å²) < 4.78 is 22.9. The van der Waals surface area contributed by atoms with E-state index < -0.39 is 19.9 Å². The molecular weight excluding hydrogens is 380 g/mol. The first-order chi connectivity index (χ1) is 9.34. The molecule has 0 aromatic heterocycles. The third kappa shape index (κ3) is 4.89. The second-order valence-electron chi connectivity index (χ2n) is 5.54. The van der Waals surface area contributed by atoms with Gasteiger partial charge in [-0.1, -0.05) is 55.6 Å². The molecule has 0 spiro atoms. The van der Waals surface area contributed by atoms with E-state index in [0.717, 1.165) is 6.07 Å². The van der Waals surface area contributed by atoms with Gasteiger partial charge in [-0.25, -0.2) is 8.42 Å². The van der Waals surface area contributed by atoms with E-state index in [2.05, 4.69) is 5.32 Å². The first kappa shape index (κ1) is 18.8. The number of hydrogen-bond acceptors (Lipinski definition) is 3. The van der Waals surface area contributed by atoms with E-state index in [1.165, 1.54) is 0 Å². The maximum Gasteiger partial charge on any atom is 0.262 e. The highest BCUT2D eigenvalue weighted by molar-refractivity contribution is 8.13. The topological polar surface area (TPSA) is 63.2 Å². The smallest absolute Gasteiger partial charge is 0.262 e. The van der Waals surface area contributed by atoms with Crippen molar-refractivity contribution >= 4 is 60.4 Å². The number of carbonyl (C=O) groups excluding carboxylic acids is 1. The van der Waals surface area contributed by atoms with Gasteiger partial charge in [-0.3, -0.25) is 4.79 Å². The molecule has 0 atom stereocenters. The van der Waals surface area contributed by atoms with Gasteiger partial charge in [0.2, 0.25) is 0 Å². The van der Waals surface area contributed by atoms with Crippen LogP contribution in [0.5, 0.6) is 0 Å².